The number of rotatable bonds is 4. The summed E-state index contributed by atoms with van der Waals surface area (Å²) in [4.78, 5) is 31.3. The van der Waals surface area contributed by atoms with Crippen molar-refractivity contribution in [2.24, 2.45) is 0 Å². The summed E-state index contributed by atoms with van der Waals surface area (Å²) in [7, 11) is 3.87. The number of anilines is 1. The van der Waals surface area contributed by atoms with Gasteiger partial charge in [0.25, 0.3) is 5.91 Å². The summed E-state index contributed by atoms with van der Waals surface area (Å²) in [5.74, 6) is 0.877. The number of nitrogens with zero attached hydrogens (tertiary/aromatic N) is 5. The van der Waals surface area contributed by atoms with Crippen molar-refractivity contribution in [2.75, 3.05) is 32.1 Å². The molecule has 156 valence electrons. The number of hydrogen-bond acceptors (Lipinski definition) is 6. The van der Waals surface area contributed by atoms with Crippen molar-refractivity contribution in [3.05, 3.63) is 57.3 Å². The van der Waals surface area contributed by atoms with Gasteiger partial charge >= 0.3 is 0 Å². The number of aromatic nitrogens is 3. The topological polar surface area (TPSA) is 62.2 Å². The monoisotopic (exact) mass is 441 g/mol. The predicted molar refractivity (Wildman–Crippen MR) is 122 cm³/mol. The largest absolute Gasteiger partial charge is 0.347 e. The van der Waals surface area contributed by atoms with Crippen LogP contribution in [0.2, 0.25) is 5.02 Å². The highest BCUT2D eigenvalue weighted by Gasteiger charge is 2.30. The summed E-state index contributed by atoms with van der Waals surface area (Å²) in [5, 5.41) is 0.695. The molecule has 0 aliphatic carbocycles. The summed E-state index contributed by atoms with van der Waals surface area (Å²) < 4.78 is 0. The van der Waals surface area contributed by atoms with E-state index in [-0.39, 0.29) is 11.8 Å². The van der Waals surface area contributed by atoms with Crippen molar-refractivity contribution in [3.63, 3.8) is 0 Å². The van der Waals surface area contributed by atoms with E-state index in [9.17, 15) is 4.79 Å². The highest BCUT2D eigenvalue weighted by molar-refractivity contribution is 7.11. The van der Waals surface area contributed by atoms with Crippen molar-refractivity contribution >= 4 is 34.8 Å². The smallest absolute Gasteiger partial charge is 0.265 e. The quantitative estimate of drug-likeness (QED) is 0.589. The Morgan fingerprint density at radius 2 is 2.00 bits per heavy atom. The van der Waals surface area contributed by atoms with Crippen molar-refractivity contribution < 1.29 is 4.79 Å². The predicted octanol–water partition coefficient (Wildman–Crippen LogP) is 4.65. The molecule has 1 aromatic carbocycles. The van der Waals surface area contributed by atoms with Gasteiger partial charge in [-0.25, -0.2) is 15.0 Å². The SMILES string of the molecule is Cc1ncsc1C(=O)N1CCCC(c2nc(N(C)C)ncc2-c2ccc(Cl)cc2)C1. The molecule has 8 heteroatoms. The molecule has 1 aliphatic rings. The number of likely N-dealkylation sites (tertiary alicyclic amines) is 1. The maximum absolute atomic E-state index is 13.1. The van der Waals surface area contributed by atoms with E-state index in [1.165, 1.54) is 11.3 Å². The second-order valence-corrected chi connectivity index (χ2v) is 9.02. The van der Waals surface area contributed by atoms with E-state index in [0.717, 1.165) is 46.8 Å². The van der Waals surface area contributed by atoms with Gasteiger partial charge in [-0.15, -0.1) is 11.3 Å². The summed E-state index contributed by atoms with van der Waals surface area (Å²) in [6, 6.07) is 7.74. The fourth-order valence-electron chi connectivity index (χ4n) is 3.80. The van der Waals surface area contributed by atoms with E-state index in [4.69, 9.17) is 16.6 Å². The summed E-state index contributed by atoms with van der Waals surface area (Å²) in [5.41, 5.74) is 5.53. The van der Waals surface area contributed by atoms with Gasteiger partial charge in [-0.1, -0.05) is 23.7 Å². The zero-order valence-corrected chi connectivity index (χ0v) is 18.9. The van der Waals surface area contributed by atoms with Gasteiger partial charge in [0.05, 0.1) is 16.9 Å². The minimum absolute atomic E-state index is 0.0645. The summed E-state index contributed by atoms with van der Waals surface area (Å²) >= 11 is 7.49. The average Bonchev–Trinajstić information content (AvgIpc) is 3.19. The Hall–Kier alpha value is -2.51. The van der Waals surface area contributed by atoms with E-state index in [1.54, 1.807) is 5.51 Å². The molecule has 0 bridgehead atoms. The van der Waals surface area contributed by atoms with E-state index >= 15 is 0 Å². The molecular weight excluding hydrogens is 418 g/mol. The normalized spacial score (nSPS) is 16.5. The number of carbonyl (C=O) groups excluding carboxylic acids is 1. The van der Waals surface area contributed by atoms with Gasteiger partial charge in [0.15, 0.2) is 0 Å². The third-order valence-electron chi connectivity index (χ3n) is 5.40. The third-order valence-corrected chi connectivity index (χ3v) is 6.56. The van der Waals surface area contributed by atoms with Gasteiger partial charge in [-0.3, -0.25) is 4.79 Å². The molecule has 3 heterocycles. The van der Waals surface area contributed by atoms with Crippen LogP contribution in [0.1, 0.15) is 39.8 Å². The fourth-order valence-corrected chi connectivity index (χ4v) is 4.69. The molecule has 1 saturated heterocycles. The number of carbonyl (C=O) groups is 1. The lowest BCUT2D eigenvalue weighted by Gasteiger charge is -2.33. The Balaban J connectivity index is 1.69. The van der Waals surface area contributed by atoms with Gasteiger partial charge < -0.3 is 9.80 Å². The molecule has 1 amide bonds. The zero-order chi connectivity index (χ0) is 21.3. The number of amides is 1. The molecule has 30 heavy (non-hydrogen) atoms. The fraction of sp³-hybridized carbons (Fsp3) is 0.364. The summed E-state index contributed by atoms with van der Waals surface area (Å²) in [6.07, 6.45) is 3.81. The average molecular weight is 442 g/mol. The molecule has 1 atom stereocenters. The second kappa shape index (κ2) is 8.70. The molecule has 3 aromatic rings. The van der Waals surface area contributed by atoms with Crippen LogP contribution in [0.25, 0.3) is 11.1 Å². The lowest BCUT2D eigenvalue weighted by molar-refractivity contribution is 0.0710. The second-order valence-electron chi connectivity index (χ2n) is 7.73. The molecule has 1 unspecified atom stereocenters. The Labute approximate surface area is 185 Å². The Morgan fingerprint density at radius 1 is 1.23 bits per heavy atom. The molecule has 0 radical (unpaired) electrons. The molecule has 0 spiro atoms. The van der Waals surface area contributed by atoms with Crippen molar-refractivity contribution in [2.45, 2.75) is 25.7 Å². The van der Waals surface area contributed by atoms with E-state index in [0.29, 0.717) is 17.5 Å². The third kappa shape index (κ3) is 4.18. The van der Waals surface area contributed by atoms with Crippen LogP contribution in [0, 0.1) is 6.92 Å². The lowest BCUT2D eigenvalue weighted by atomic mass is 9.90. The molecule has 2 aromatic heterocycles. The molecule has 4 rings (SSSR count). The number of thiazole rings is 1. The van der Waals surface area contributed by atoms with Gasteiger partial charge in [0.2, 0.25) is 5.95 Å². The van der Waals surface area contributed by atoms with Gasteiger partial charge in [0.1, 0.15) is 4.88 Å². The Morgan fingerprint density at radius 3 is 2.67 bits per heavy atom. The van der Waals surface area contributed by atoms with Crippen LogP contribution in [0.15, 0.2) is 36.0 Å². The standard InChI is InChI=1S/C22H24ClN5OS/c1-14-20(30-13-25-14)21(29)28-10-4-5-16(12-28)19-18(11-24-22(26-19)27(2)3)15-6-8-17(23)9-7-15/h6-9,11,13,16H,4-5,10,12H2,1-3H3. The first kappa shape index (κ1) is 20.8. The highest BCUT2D eigenvalue weighted by atomic mass is 35.5. The minimum atomic E-state index is 0.0645. The minimum Gasteiger partial charge on any atom is -0.347 e. The first-order valence-corrected chi connectivity index (χ1v) is 11.2. The Bertz CT molecular complexity index is 1050. The van der Waals surface area contributed by atoms with E-state index in [1.807, 2.05) is 61.3 Å². The summed E-state index contributed by atoms with van der Waals surface area (Å²) in [6.45, 7) is 3.28. The Kier molecular flexibility index (Phi) is 6.01. The van der Waals surface area contributed by atoms with Crippen molar-refractivity contribution in [3.8, 4) is 11.1 Å². The van der Waals surface area contributed by atoms with E-state index in [2.05, 4.69) is 9.97 Å². The highest BCUT2D eigenvalue weighted by Crippen LogP contribution is 2.35. The number of piperidine rings is 1. The van der Waals surface area contributed by atoms with Crippen LogP contribution >= 0.6 is 22.9 Å². The number of benzene rings is 1. The van der Waals surface area contributed by atoms with Crippen LogP contribution in [0.3, 0.4) is 0 Å². The number of halogens is 1. The van der Waals surface area contributed by atoms with Crippen LogP contribution in [0.4, 0.5) is 5.95 Å². The number of aryl methyl sites for hydroxylation is 1. The van der Waals surface area contributed by atoms with E-state index < -0.39 is 0 Å². The molecule has 6 nitrogen and oxygen atoms in total. The maximum Gasteiger partial charge on any atom is 0.265 e. The molecule has 1 fully saturated rings. The molecule has 0 saturated carbocycles. The van der Waals surface area contributed by atoms with Crippen LogP contribution < -0.4 is 4.90 Å². The molecule has 0 N–H and O–H groups in total. The first-order valence-electron chi connectivity index (χ1n) is 9.93. The van der Waals surface area contributed by atoms with Crippen molar-refractivity contribution in [1.82, 2.24) is 19.9 Å². The van der Waals surface area contributed by atoms with Gasteiger partial charge in [-0.05, 0) is 37.5 Å². The van der Waals surface area contributed by atoms with Crippen LogP contribution in [-0.2, 0) is 0 Å². The van der Waals surface area contributed by atoms with Gasteiger partial charge in [-0.2, -0.15) is 0 Å². The van der Waals surface area contributed by atoms with Gasteiger partial charge in [0, 0.05) is 49.9 Å². The zero-order valence-electron chi connectivity index (χ0n) is 17.3. The lowest BCUT2D eigenvalue weighted by Crippen LogP contribution is -2.39. The maximum atomic E-state index is 13.1. The number of hydrogen-bond donors (Lipinski definition) is 0. The van der Waals surface area contributed by atoms with Crippen molar-refractivity contribution in [1.29, 1.82) is 0 Å². The molecule has 1 aliphatic heterocycles. The van der Waals surface area contributed by atoms with Crippen LogP contribution in [0.5, 0.6) is 0 Å². The van der Waals surface area contributed by atoms with Crippen LogP contribution in [-0.4, -0.2) is 52.9 Å². The first-order chi connectivity index (χ1) is 14.4. The molecular formula is C22H24ClN5OS.